The van der Waals surface area contributed by atoms with Crippen LogP contribution in [0.2, 0.25) is 0 Å². The second-order valence-corrected chi connectivity index (χ2v) is 6.25. The largest absolute Gasteiger partial charge is 0.356 e. The van der Waals surface area contributed by atoms with Crippen LogP contribution in [0.15, 0.2) is 29.1 Å². The van der Waals surface area contributed by atoms with Gasteiger partial charge in [0.1, 0.15) is 5.69 Å². The van der Waals surface area contributed by atoms with Crippen molar-refractivity contribution in [3.63, 3.8) is 0 Å². The number of likely N-dealkylation sites (tertiary alicyclic amines) is 1. The van der Waals surface area contributed by atoms with Crippen LogP contribution in [-0.4, -0.2) is 47.5 Å². The van der Waals surface area contributed by atoms with Crippen LogP contribution in [-0.2, 0) is 11.2 Å². The fraction of sp³-hybridized carbons (Fsp3) is 0.471. The smallest absolute Gasteiger partial charge is 0.270 e. The molecular weight excluding hydrogens is 292 g/mol. The Morgan fingerprint density at radius 3 is 3.04 bits per heavy atom. The van der Waals surface area contributed by atoms with Crippen molar-refractivity contribution in [3.8, 4) is 0 Å². The van der Waals surface area contributed by atoms with E-state index in [9.17, 15) is 9.59 Å². The average Bonchev–Trinajstić information content (AvgIpc) is 2.96. The molecule has 3 rings (SSSR count). The van der Waals surface area contributed by atoms with Gasteiger partial charge in [0.15, 0.2) is 0 Å². The van der Waals surface area contributed by atoms with E-state index in [0.717, 1.165) is 30.5 Å². The molecular formula is C17H22N4O2. The first kappa shape index (κ1) is 15.7. The summed E-state index contributed by atoms with van der Waals surface area (Å²) in [6.07, 6.45) is 1.77. The topological polar surface area (TPSA) is 78.1 Å². The number of H-pyrrole nitrogens is 1. The second-order valence-electron chi connectivity index (χ2n) is 6.25. The average molecular weight is 314 g/mol. The molecule has 1 aromatic heterocycles. The Labute approximate surface area is 134 Å². The molecule has 1 fully saturated rings. The van der Waals surface area contributed by atoms with Crippen molar-refractivity contribution in [1.29, 1.82) is 0 Å². The van der Waals surface area contributed by atoms with Crippen molar-refractivity contribution in [1.82, 2.24) is 20.2 Å². The van der Waals surface area contributed by atoms with Gasteiger partial charge in [0, 0.05) is 25.9 Å². The molecule has 0 spiro atoms. The van der Waals surface area contributed by atoms with Crippen LogP contribution in [0.1, 0.15) is 18.5 Å². The highest BCUT2D eigenvalue weighted by molar-refractivity contribution is 5.76. The molecule has 1 aliphatic heterocycles. The lowest BCUT2D eigenvalue weighted by Crippen LogP contribution is -2.31. The maximum Gasteiger partial charge on any atom is 0.270 e. The predicted octanol–water partition coefficient (Wildman–Crippen LogP) is 0.924. The number of para-hydroxylation sites is 2. The molecule has 0 radical (unpaired) electrons. The molecule has 1 saturated heterocycles. The lowest BCUT2D eigenvalue weighted by molar-refractivity contribution is -0.121. The number of hydrogen-bond donors (Lipinski definition) is 2. The molecule has 122 valence electrons. The highest BCUT2D eigenvalue weighted by atomic mass is 16.1. The highest BCUT2D eigenvalue weighted by Gasteiger charge is 2.19. The number of aromatic nitrogens is 2. The van der Waals surface area contributed by atoms with Crippen molar-refractivity contribution >= 4 is 16.9 Å². The van der Waals surface area contributed by atoms with E-state index in [0.29, 0.717) is 24.6 Å². The van der Waals surface area contributed by atoms with E-state index in [1.54, 1.807) is 0 Å². The molecule has 0 bridgehead atoms. The van der Waals surface area contributed by atoms with E-state index >= 15 is 0 Å². The zero-order valence-corrected chi connectivity index (χ0v) is 13.3. The lowest BCUT2D eigenvalue weighted by Gasteiger charge is -2.11. The SMILES string of the molecule is CN1CCC(CNC(=O)CCc2nc3ccccc3[nH]c2=O)C1. The van der Waals surface area contributed by atoms with E-state index in [-0.39, 0.29) is 17.9 Å². The summed E-state index contributed by atoms with van der Waals surface area (Å²) < 4.78 is 0. The number of amides is 1. The molecule has 2 aromatic rings. The summed E-state index contributed by atoms with van der Waals surface area (Å²) in [7, 11) is 2.10. The number of aryl methyl sites for hydroxylation is 1. The minimum Gasteiger partial charge on any atom is -0.356 e. The number of fused-ring (bicyclic) bond motifs is 1. The quantitative estimate of drug-likeness (QED) is 0.860. The van der Waals surface area contributed by atoms with Crippen LogP contribution in [0.5, 0.6) is 0 Å². The summed E-state index contributed by atoms with van der Waals surface area (Å²) in [6, 6.07) is 7.40. The van der Waals surface area contributed by atoms with Gasteiger partial charge in [-0.2, -0.15) is 0 Å². The first-order valence-corrected chi connectivity index (χ1v) is 8.05. The summed E-state index contributed by atoms with van der Waals surface area (Å²) in [4.78, 5) is 33.4. The third-order valence-electron chi connectivity index (χ3n) is 4.34. The summed E-state index contributed by atoms with van der Waals surface area (Å²) >= 11 is 0. The second kappa shape index (κ2) is 6.91. The standard InChI is InChI=1S/C17H22N4O2/c1-21-9-8-12(11-21)10-18-16(22)7-6-15-17(23)20-14-5-3-2-4-13(14)19-15/h2-5,12H,6-11H2,1H3,(H,18,22)(H,20,23). The predicted molar refractivity (Wildman–Crippen MR) is 89.3 cm³/mol. The maximum atomic E-state index is 12.0. The molecule has 2 heterocycles. The zero-order valence-electron chi connectivity index (χ0n) is 13.3. The van der Waals surface area contributed by atoms with Crippen LogP contribution in [0.25, 0.3) is 11.0 Å². The van der Waals surface area contributed by atoms with E-state index < -0.39 is 0 Å². The maximum absolute atomic E-state index is 12.0. The summed E-state index contributed by atoms with van der Waals surface area (Å²) in [6.45, 7) is 2.84. The Kier molecular flexibility index (Phi) is 4.71. The van der Waals surface area contributed by atoms with Crippen LogP contribution in [0.4, 0.5) is 0 Å². The van der Waals surface area contributed by atoms with Crippen LogP contribution >= 0.6 is 0 Å². The van der Waals surface area contributed by atoms with Gasteiger partial charge in [-0.05, 0) is 38.1 Å². The molecule has 1 aromatic carbocycles. The number of carbonyl (C=O) groups excluding carboxylic acids is 1. The van der Waals surface area contributed by atoms with Gasteiger partial charge in [-0.15, -0.1) is 0 Å². The Morgan fingerprint density at radius 2 is 2.26 bits per heavy atom. The number of hydrogen-bond acceptors (Lipinski definition) is 4. The molecule has 1 atom stereocenters. The van der Waals surface area contributed by atoms with Gasteiger partial charge < -0.3 is 15.2 Å². The summed E-state index contributed by atoms with van der Waals surface area (Å²) in [5.41, 5.74) is 1.67. The van der Waals surface area contributed by atoms with E-state index in [1.807, 2.05) is 24.3 Å². The molecule has 1 aliphatic rings. The Morgan fingerprint density at radius 1 is 1.43 bits per heavy atom. The molecule has 0 saturated carbocycles. The molecule has 6 heteroatoms. The van der Waals surface area contributed by atoms with Gasteiger partial charge >= 0.3 is 0 Å². The molecule has 23 heavy (non-hydrogen) atoms. The van der Waals surface area contributed by atoms with Gasteiger partial charge in [0.05, 0.1) is 11.0 Å². The van der Waals surface area contributed by atoms with E-state index in [1.165, 1.54) is 0 Å². The molecule has 0 aliphatic carbocycles. The van der Waals surface area contributed by atoms with E-state index in [2.05, 4.69) is 27.2 Å². The van der Waals surface area contributed by atoms with Gasteiger partial charge in [-0.25, -0.2) is 4.98 Å². The molecule has 2 N–H and O–H groups in total. The summed E-state index contributed by atoms with van der Waals surface area (Å²) in [5.74, 6) is 0.514. The van der Waals surface area contributed by atoms with Gasteiger partial charge in [0.2, 0.25) is 5.91 Å². The Bertz CT molecular complexity index is 756. The molecule has 1 unspecified atom stereocenters. The third-order valence-corrected chi connectivity index (χ3v) is 4.34. The summed E-state index contributed by atoms with van der Waals surface area (Å²) in [5, 5.41) is 2.97. The number of aromatic amines is 1. The van der Waals surface area contributed by atoms with Crippen molar-refractivity contribution in [2.45, 2.75) is 19.3 Å². The lowest BCUT2D eigenvalue weighted by atomic mass is 10.1. The van der Waals surface area contributed by atoms with Gasteiger partial charge in [-0.1, -0.05) is 12.1 Å². The number of rotatable bonds is 5. The number of benzene rings is 1. The van der Waals surface area contributed by atoms with Crippen LogP contribution in [0.3, 0.4) is 0 Å². The first-order chi connectivity index (χ1) is 11.1. The third kappa shape index (κ3) is 3.96. The van der Waals surface area contributed by atoms with Crippen molar-refractivity contribution < 1.29 is 4.79 Å². The number of carbonyl (C=O) groups is 1. The van der Waals surface area contributed by atoms with Crippen molar-refractivity contribution in [2.24, 2.45) is 5.92 Å². The minimum absolute atomic E-state index is 0.0195. The Hall–Kier alpha value is -2.21. The number of nitrogens with one attached hydrogen (secondary N) is 2. The minimum atomic E-state index is -0.214. The van der Waals surface area contributed by atoms with Gasteiger partial charge in [0.25, 0.3) is 5.56 Å². The zero-order chi connectivity index (χ0) is 16.2. The highest BCUT2D eigenvalue weighted by Crippen LogP contribution is 2.13. The number of nitrogens with zero attached hydrogens (tertiary/aromatic N) is 2. The van der Waals surface area contributed by atoms with Crippen LogP contribution in [0, 0.1) is 5.92 Å². The van der Waals surface area contributed by atoms with Crippen LogP contribution < -0.4 is 10.9 Å². The molecule has 1 amide bonds. The van der Waals surface area contributed by atoms with E-state index in [4.69, 9.17) is 0 Å². The van der Waals surface area contributed by atoms with Gasteiger partial charge in [-0.3, -0.25) is 9.59 Å². The monoisotopic (exact) mass is 314 g/mol. The molecule has 6 nitrogen and oxygen atoms in total. The Balaban J connectivity index is 1.54. The van der Waals surface area contributed by atoms with Crippen molar-refractivity contribution in [3.05, 3.63) is 40.3 Å². The normalized spacial score (nSPS) is 18.4. The van der Waals surface area contributed by atoms with Crippen molar-refractivity contribution in [2.75, 3.05) is 26.7 Å². The first-order valence-electron chi connectivity index (χ1n) is 8.05. The fourth-order valence-electron chi connectivity index (χ4n) is 3.01. The fourth-order valence-corrected chi connectivity index (χ4v) is 3.01.